The van der Waals surface area contributed by atoms with Crippen LogP contribution in [0.3, 0.4) is 0 Å². The number of unbranched alkanes of at least 4 members (excludes halogenated alkanes) is 1. The highest BCUT2D eigenvalue weighted by Gasteiger charge is 2.25. The molecule has 0 aromatic rings. The number of hydrogen-bond donors (Lipinski definition) is 1. The molecule has 1 fully saturated rings. The average Bonchev–Trinajstić information content (AvgIpc) is 2.79. The molecular weight excluding hydrogens is 220 g/mol. The Morgan fingerprint density at radius 2 is 2.06 bits per heavy atom. The summed E-state index contributed by atoms with van der Waals surface area (Å²) in [5.41, 5.74) is 0. The molecule has 1 aliphatic rings. The molecule has 108 valence electrons. The van der Waals surface area contributed by atoms with E-state index in [1.165, 1.54) is 58.2 Å². The molecule has 2 atom stereocenters. The Morgan fingerprint density at radius 3 is 2.67 bits per heavy atom. The lowest BCUT2D eigenvalue weighted by molar-refractivity contribution is 0.198. The van der Waals surface area contributed by atoms with Crippen LogP contribution in [0, 0.1) is 5.92 Å². The van der Waals surface area contributed by atoms with Crippen molar-refractivity contribution in [2.45, 2.75) is 78.3 Å². The van der Waals surface area contributed by atoms with Crippen LogP contribution in [0.15, 0.2) is 0 Å². The highest BCUT2D eigenvalue weighted by Crippen LogP contribution is 2.22. The molecule has 1 aliphatic heterocycles. The summed E-state index contributed by atoms with van der Waals surface area (Å²) in [5, 5.41) is 3.61. The van der Waals surface area contributed by atoms with Crippen LogP contribution in [0.5, 0.6) is 0 Å². The number of hydrogen-bond acceptors (Lipinski definition) is 2. The van der Waals surface area contributed by atoms with E-state index >= 15 is 0 Å². The van der Waals surface area contributed by atoms with Crippen molar-refractivity contribution in [3.8, 4) is 0 Å². The van der Waals surface area contributed by atoms with Crippen molar-refractivity contribution >= 4 is 0 Å². The topological polar surface area (TPSA) is 15.3 Å². The first-order chi connectivity index (χ1) is 8.67. The molecule has 2 unspecified atom stereocenters. The minimum absolute atomic E-state index is 0.620. The molecular formula is C16H34N2. The van der Waals surface area contributed by atoms with Crippen LogP contribution in [0.25, 0.3) is 0 Å². The molecule has 0 aliphatic carbocycles. The van der Waals surface area contributed by atoms with Gasteiger partial charge in [0.05, 0.1) is 0 Å². The van der Waals surface area contributed by atoms with Crippen LogP contribution in [0.1, 0.15) is 66.2 Å². The Balaban J connectivity index is 2.33. The van der Waals surface area contributed by atoms with Gasteiger partial charge in [0.1, 0.15) is 0 Å². The molecule has 18 heavy (non-hydrogen) atoms. The molecule has 0 amide bonds. The first-order valence-electron chi connectivity index (χ1n) is 8.14. The Hall–Kier alpha value is -0.0800. The Kier molecular flexibility index (Phi) is 7.92. The van der Waals surface area contributed by atoms with E-state index in [0.717, 1.165) is 12.0 Å². The van der Waals surface area contributed by atoms with Gasteiger partial charge < -0.3 is 5.32 Å². The molecule has 0 aromatic carbocycles. The van der Waals surface area contributed by atoms with Crippen molar-refractivity contribution in [3.63, 3.8) is 0 Å². The van der Waals surface area contributed by atoms with Crippen LogP contribution in [0.4, 0.5) is 0 Å². The molecule has 1 saturated heterocycles. The van der Waals surface area contributed by atoms with Crippen molar-refractivity contribution in [1.82, 2.24) is 10.2 Å². The van der Waals surface area contributed by atoms with Crippen molar-refractivity contribution in [3.05, 3.63) is 0 Å². The first-order valence-corrected chi connectivity index (χ1v) is 8.14. The lowest BCUT2D eigenvalue weighted by Gasteiger charge is -2.29. The van der Waals surface area contributed by atoms with Gasteiger partial charge in [-0.25, -0.2) is 0 Å². The quantitative estimate of drug-likeness (QED) is 0.675. The second-order valence-electron chi connectivity index (χ2n) is 6.27. The number of nitrogens with zero attached hydrogens (tertiary/aromatic N) is 1. The van der Waals surface area contributed by atoms with E-state index in [9.17, 15) is 0 Å². The summed E-state index contributed by atoms with van der Waals surface area (Å²) in [7, 11) is 0. The zero-order chi connectivity index (χ0) is 13.4. The molecule has 1 N–H and O–H groups in total. The molecule has 2 nitrogen and oxygen atoms in total. The predicted molar refractivity (Wildman–Crippen MR) is 81.0 cm³/mol. The van der Waals surface area contributed by atoms with Crippen molar-refractivity contribution in [1.29, 1.82) is 0 Å². The summed E-state index contributed by atoms with van der Waals surface area (Å²) in [4.78, 5) is 2.75. The van der Waals surface area contributed by atoms with Gasteiger partial charge >= 0.3 is 0 Å². The molecule has 0 bridgehead atoms. The zero-order valence-corrected chi connectivity index (χ0v) is 13.0. The number of likely N-dealkylation sites (tertiary alicyclic amines) is 1. The van der Waals surface area contributed by atoms with Gasteiger partial charge in [-0.05, 0) is 31.7 Å². The van der Waals surface area contributed by atoms with E-state index in [2.05, 4.69) is 37.9 Å². The summed E-state index contributed by atoms with van der Waals surface area (Å²) in [6.07, 6.45) is 8.31. The minimum atomic E-state index is 0.620. The van der Waals surface area contributed by atoms with E-state index in [1.54, 1.807) is 0 Å². The summed E-state index contributed by atoms with van der Waals surface area (Å²) in [5.74, 6) is 0.921. The lowest BCUT2D eigenvalue weighted by Crippen LogP contribution is -2.42. The van der Waals surface area contributed by atoms with Gasteiger partial charge in [0.25, 0.3) is 0 Å². The van der Waals surface area contributed by atoms with Gasteiger partial charge in [0.15, 0.2) is 0 Å². The normalized spacial score (nSPS) is 22.8. The first kappa shape index (κ1) is 16.0. The molecule has 0 spiro atoms. The molecule has 0 saturated carbocycles. The highest BCUT2D eigenvalue weighted by atomic mass is 15.2. The van der Waals surface area contributed by atoms with Gasteiger partial charge in [0.2, 0.25) is 0 Å². The van der Waals surface area contributed by atoms with Crippen LogP contribution in [-0.4, -0.2) is 36.6 Å². The van der Waals surface area contributed by atoms with Crippen LogP contribution in [-0.2, 0) is 0 Å². The van der Waals surface area contributed by atoms with Gasteiger partial charge in [0, 0.05) is 25.2 Å². The fraction of sp³-hybridized carbons (Fsp3) is 1.00. The average molecular weight is 254 g/mol. The minimum Gasteiger partial charge on any atom is -0.313 e. The van der Waals surface area contributed by atoms with Gasteiger partial charge in [-0.1, -0.05) is 47.0 Å². The van der Waals surface area contributed by atoms with Gasteiger partial charge in [-0.15, -0.1) is 0 Å². The van der Waals surface area contributed by atoms with E-state index in [-0.39, 0.29) is 0 Å². The SMILES string of the molecule is CCCCC(CC)CN1CCCC1CNC(C)C. The van der Waals surface area contributed by atoms with E-state index in [4.69, 9.17) is 0 Å². The number of rotatable bonds is 9. The Morgan fingerprint density at radius 1 is 1.28 bits per heavy atom. The van der Waals surface area contributed by atoms with E-state index in [1.807, 2.05) is 0 Å². The maximum atomic E-state index is 3.61. The highest BCUT2D eigenvalue weighted by molar-refractivity contribution is 4.82. The summed E-state index contributed by atoms with van der Waals surface area (Å²) < 4.78 is 0. The zero-order valence-electron chi connectivity index (χ0n) is 13.0. The van der Waals surface area contributed by atoms with Gasteiger partial charge in [-0.2, -0.15) is 0 Å². The molecule has 0 aromatic heterocycles. The number of nitrogens with one attached hydrogen (secondary N) is 1. The van der Waals surface area contributed by atoms with Gasteiger partial charge in [-0.3, -0.25) is 4.90 Å². The third-order valence-electron chi connectivity index (χ3n) is 4.30. The molecule has 1 rings (SSSR count). The molecule has 2 heteroatoms. The van der Waals surface area contributed by atoms with E-state index < -0.39 is 0 Å². The Bertz CT molecular complexity index is 203. The monoisotopic (exact) mass is 254 g/mol. The van der Waals surface area contributed by atoms with E-state index in [0.29, 0.717) is 6.04 Å². The van der Waals surface area contributed by atoms with Crippen molar-refractivity contribution in [2.75, 3.05) is 19.6 Å². The van der Waals surface area contributed by atoms with Crippen LogP contribution >= 0.6 is 0 Å². The lowest BCUT2D eigenvalue weighted by atomic mass is 9.98. The predicted octanol–water partition coefficient (Wildman–Crippen LogP) is 3.67. The standard InChI is InChI=1S/C16H34N2/c1-5-7-9-15(6-2)13-18-11-8-10-16(18)12-17-14(3)4/h14-17H,5-13H2,1-4H3. The summed E-state index contributed by atoms with van der Waals surface area (Å²) in [6.45, 7) is 13.0. The Labute approximate surface area is 115 Å². The molecule has 1 heterocycles. The summed E-state index contributed by atoms with van der Waals surface area (Å²) >= 11 is 0. The fourth-order valence-corrected chi connectivity index (χ4v) is 2.99. The van der Waals surface area contributed by atoms with Crippen molar-refractivity contribution in [2.24, 2.45) is 5.92 Å². The van der Waals surface area contributed by atoms with Crippen molar-refractivity contribution < 1.29 is 0 Å². The third-order valence-corrected chi connectivity index (χ3v) is 4.30. The second-order valence-corrected chi connectivity index (χ2v) is 6.27. The summed E-state index contributed by atoms with van der Waals surface area (Å²) in [6, 6.07) is 1.41. The third kappa shape index (κ3) is 5.71. The van der Waals surface area contributed by atoms with Crippen LogP contribution < -0.4 is 5.32 Å². The van der Waals surface area contributed by atoms with Crippen LogP contribution in [0.2, 0.25) is 0 Å². The maximum absolute atomic E-state index is 3.61. The molecule has 0 radical (unpaired) electrons. The maximum Gasteiger partial charge on any atom is 0.0221 e. The fourth-order valence-electron chi connectivity index (χ4n) is 2.99. The smallest absolute Gasteiger partial charge is 0.0221 e. The second kappa shape index (κ2) is 8.92. The largest absolute Gasteiger partial charge is 0.313 e.